The minimum Gasteiger partial charge on any atom is -0.480 e. The quantitative estimate of drug-likeness (QED) is 0.784. The van der Waals surface area contributed by atoms with Crippen molar-refractivity contribution in [3.63, 3.8) is 0 Å². The van der Waals surface area contributed by atoms with Gasteiger partial charge < -0.3 is 9.53 Å². The molecule has 1 fully saturated rings. The summed E-state index contributed by atoms with van der Waals surface area (Å²) in [4.78, 5) is 13.4. The van der Waals surface area contributed by atoms with E-state index in [9.17, 15) is 14.3 Å². The van der Waals surface area contributed by atoms with Gasteiger partial charge in [-0.3, -0.25) is 9.69 Å². The fourth-order valence-electron chi connectivity index (χ4n) is 4.08. The van der Waals surface area contributed by atoms with Crippen LogP contribution in [0.25, 0.3) is 0 Å². The average Bonchev–Trinajstić information content (AvgIpc) is 2.82. The van der Waals surface area contributed by atoms with Gasteiger partial charge in [0.2, 0.25) is 0 Å². The zero-order valence-electron chi connectivity index (χ0n) is 15.8. The highest BCUT2D eigenvalue weighted by Crippen LogP contribution is 2.47. The highest BCUT2D eigenvalue weighted by molar-refractivity contribution is 6.48. The molecule has 6 heteroatoms. The van der Waals surface area contributed by atoms with Gasteiger partial charge in [-0.2, -0.15) is 0 Å². The molecular formula is C19H30FNO3Si. The van der Waals surface area contributed by atoms with E-state index in [1.807, 2.05) is 11.0 Å². The molecule has 1 aliphatic heterocycles. The summed E-state index contributed by atoms with van der Waals surface area (Å²) in [5, 5.41) is 9.33. The van der Waals surface area contributed by atoms with E-state index in [1.165, 1.54) is 6.07 Å². The molecule has 1 aromatic carbocycles. The van der Waals surface area contributed by atoms with Crippen molar-refractivity contribution in [2.24, 2.45) is 11.3 Å². The molecule has 0 radical (unpaired) electrons. The maximum Gasteiger partial charge on any atom is 0.317 e. The number of aliphatic carboxylic acids is 1. The van der Waals surface area contributed by atoms with Crippen LogP contribution in [0.1, 0.15) is 32.3 Å². The molecule has 1 aliphatic rings. The fourth-order valence-corrected chi connectivity index (χ4v) is 4.67. The number of carboxylic acid groups (broad SMARTS) is 1. The summed E-state index contributed by atoms with van der Waals surface area (Å²) in [5.74, 6) is -0.789. The third kappa shape index (κ3) is 5.12. The monoisotopic (exact) mass is 367 g/mol. The third-order valence-corrected chi connectivity index (χ3v) is 5.82. The lowest BCUT2D eigenvalue weighted by Crippen LogP contribution is -2.44. The summed E-state index contributed by atoms with van der Waals surface area (Å²) in [5.41, 5.74) is 0.899. The van der Waals surface area contributed by atoms with Crippen LogP contribution in [0.15, 0.2) is 24.3 Å². The topological polar surface area (TPSA) is 49.8 Å². The molecule has 0 aliphatic carbocycles. The minimum atomic E-state index is -1.21. The molecule has 4 nitrogen and oxygen atoms in total. The summed E-state index contributed by atoms with van der Waals surface area (Å²) >= 11 is 0. The van der Waals surface area contributed by atoms with Gasteiger partial charge in [0.1, 0.15) is 5.82 Å². The predicted octanol–water partition coefficient (Wildman–Crippen LogP) is 3.34. The highest BCUT2D eigenvalue weighted by Gasteiger charge is 2.48. The number of halogens is 1. The molecule has 25 heavy (non-hydrogen) atoms. The predicted molar refractivity (Wildman–Crippen MR) is 99.9 cm³/mol. The molecule has 0 bridgehead atoms. The number of carbonyl (C=O) groups is 1. The standard InChI is InChI=1S/C19H30FNO3Si/c1-19(2,3)18-15(13-7-6-8-14(20)9-13)10-21(11-17(22)23)16(18)12-24-25(4)5/h6-9,15-16,18,25H,10-12H2,1-5H3,(H,22,23)/t15-,16?,18+/m1/s1. The van der Waals surface area contributed by atoms with Gasteiger partial charge in [0.05, 0.1) is 6.54 Å². The van der Waals surface area contributed by atoms with Crippen molar-refractivity contribution in [2.45, 2.75) is 45.8 Å². The molecule has 2 rings (SSSR count). The van der Waals surface area contributed by atoms with Gasteiger partial charge in [-0.25, -0.2) is 4.39 Å². The number of hydrogen-bond donors (Lipinski definition) is 1. The average molecular weight is 368 g/mol. The number of benzene rings is 1. The molecule has 1 N–H and O–H groups in total. The van der Waals surface area contributed by atoms with Gasteiger partial charge in [-0.15, -0.1) is 0 Å². The van der Waals surface area contributed by atoms with Crippen LogP contribution in [0, 0.1) is 17.2 Å². The van der Waals surface area contributed by atoms with Gasteiger partial charge in [0.25, 0.3) is 0 Å². The first-order valence-corrected chi connectivity index (χ1v) is 11.7. The van der Waals surface area contributed by atoms with Crippen LogP contribution in [0.5, 0.6) is 0 Å². The lowest BCUT2D eigenvalue weighted by Gasteiger charge is -2.37. The van der Waals surface area contributed by atoms with E-state index in [4.69, 9.17) is 4.43 Å². The normalized spacial score (nSPS) is 24.8. The Labute approximate surface area is 151 Å². The van der Waals surface area contributed by atoms with Crippen molar-refractivity contribution in [2.75, 3.05) is 19.7 Å². The van der Waals surface area contributed by atoms with E-state index in [0.717, 1.165) is 5.56 Å². The van der Waals surface area contributed by atoms with Crippen LogP contribution in [-0.4, -0.2) is 50.8 Å². The SMILES string of the molecule is C[SiH](C)OCC1[C@@H](C(C)(C)C)[C@@H](c2cccc(F)c2)CN1CC(=O)O. The van der Waals surface area contributed by atoms with Crippen LogP contribution in [0.2, 0.25) is 13.1 Å². The second-order valence-corrected chi connectivity index (χ2v) is 10.8. The number of hydrogen-bond acceptors (Lipinski definition) is 3. The van der Waals surface area contributed by atoms with Crippen LogP contribution in [0.4, 0.5) is 4.39 Å². The third-order valence-electron chi connectivity index (χ3n) is 4.96. The van der Waals surface area contributed by atoms with Gasteiger partial charge in [0.15, 0.2) is 9.04 Å². The second-order valence-electron chi connectivity index (χ2n) is 8.33. The summed E-state index contributed by atoms with van der Waals surface area (Å²) < 4.78 is 19.8. The number of likely N-dealkylation sites (tertiary alicyclic amines) is 1. The first kappa shape index (κ1) is 20.1. The highest BCUT2D eigenvalue weighted by atomic mass is 28.3. The minimum absolute atomic E-state index is 0.00786. The molecule has 0 saturated carbocycles. The number of carboxylic acids is 1. The Bertz CT molecular complexity index is 603. The van der Waals surface area contributed by atoms with Crippen molar-refractivity contribution < 1.29 is 18.7 Å². The first-order valence-electron chi connectivity index (χ1n) is 8.92. The van der Waals surface area contributed by atoms with Crippen LogP contribution in [-0.2, 0) is 9.22 Å². The summed E-state index contributed by atoms with van der Waals surface area (Å²) in [6.45, 7) is 11.9. The Morgan fingerprint density at radius 2 is 2.08 bits per heavy atom. The molecule has 0 spiro atoms. The van der Waals surface area contributed by atoms with Crippen LogP contribution in [0.3, 0.4) is 0 Å². The molecular weight excluding hydrogens is 337 g/mol. The smallest absolute Gasteiger partial charge is 0.317 e. The van der Waals surface area contributed by atoms with Crippen molar-refractivity contribution in [1.29, 1.82) is 0 Å². The zero-order valence-corrected chi connectivity index (χ0v) is 17.0. The van der Waals surface area contributed by atoms with Crippen LogP contribution < -0.4 is 0 Å². The molecule has 0 aromatic heterocycles. The molecule has 1 saturated heterocycles. The second kappa shape index (κ2) is 7.97. The van der Waals surface area contributed by atoms with Crippen molar-refractivity contribution in [3.8, 4) is 0 Å². The fraction of sp³-hybridized carbons (Fsp3) is 0.632. The van der Waals surface area contributed by atoms with E-state index in [1.54, 1.807) is 12.1 Å². The number of nitrogens with zero attached hydrogens (tertiary/aromatic N) is 1. The summed E-state index contributed by atoms with van der Waals surface area (Å²) in [6, 6.07) is 6.75. The van der Waals surface area contributed by atoms with E-state index in [2.05, 4.69) is 33.9 Å². The van der Waals surface area contributed by atoms with E-state index in [-0.39, 0.29) is 35.7 Å². The Morgan fingerprint density at radius 1 is 1.40 bits per heavy atom. The molecule has 1 aromatic rings. The lowest BCUT2D eigenvalue weighted by atomic mass is 9.69. The maximum absolute atomic E-state index is 13.8. The van der Waals surface area contributed by atoms with E-state index in [0.29, 0.717) is 13.2 Å². The Kier molecular flexibility index (Phi) is 6.40. The van der Waals surface area contributed by atoms with Gasteiger partial charge in [-0.05, 0) is 42.1 Å². The molecule has 1 unspecified atom stereocenters. The van der Waals surface area contributed by atoms with Crippen LogP contribution >= 0.6 is 0 Å². The molecule has 3 atom stereocenters. The zero-order chi connectivity index (χ0) is 18.8. The van der Waals surface area contributed by atoms with E-state index < -0.39 is 15.0 Å². The lowest BCUT2D eigenvalue weighted by molar-refractivity contribution is -0.138. The first-order chi connectivity index (χ1) is 11.6. The van der Waals surface area contributed by atoms with Crippen molar-refractivity contribution in [3.05, 3.63) is 35.6 Å². The van der Waals surface area contributed by atoms with Gasteiger partial charge in [0, 0.05) is 25.1 Å². The largest absolute Gasteiger partial charge is 0.480 e. The van der Waals surface area contributed by atoms with Crippen molar-refractivity contribution in [1.82, 2.24) is 4.90 Å². The van der Waals surface area contributed by atoms with E-state index >= 15 is 0 Å². The number of rotatable bonds is 6. The summed E-state index contributed by atoms with van der Waals surface area (Å²) in [7, 11) is -1.21. The Hall–Kier alpha value is -1.24. The van der Waals surface area contributed by atoms with Gasteiger partial charge >= 0.3 is 5.97 Å². The Balaban J connectivity index is 2.39. The maximum atomic E-state index is 13.8. The molecule has 140 valence electrons. The summed E-state index contributed by atoms with van der Waals surface area (Å²) in [6.07, 6.45) is 0. The van der Waals surface area contributed by atoms with Crippen molar-refractivity contribution >= 4 is 15.0 Å². The molecule has 1 heterocycles. The molecule has 0 amide bonds. The van der Waals surface area contributed by atoms with Gasteiger partial charge in [-0.1, -0.05) is 32.9 Å². The Morgan fingerprint density at radius 3 is 2.60 bits per heavy atom.